The molecule has 1 atom stereocenters. The quantitative estimate of drug-likeness (QED) is 0.722. The summed E-state index contributed by atoms with van der Waals surface area (Å²) in [7, 11) is 0. The summed E-state index contributed by atoms with van der Waals surface area (Å²) in [6, 6.07) is 0. The number of hydrazone groups is 1. The zero-order valence-corrected chi connectivity index (χ0v) is 11.4. The first kappa shape index (κ1) is 12.3. The van der Waals surface area contributed by atoms with E-state index in [0.717, 1.165) is 18.8 Å². The summed E-state index contributed by atoms with van der Waals surface area (Å²) in [5, 5.41) is 6.85. The molecule has 0 bridgehead atoms. The van der Waals surface area contributed by atoms with Crippen molar-refractivity contribution < 1.29 is 4.74 Å². The zero-order valence-electron chi connectivity index (χ0n) is 11.4. The summed E-state index contributed by atoms with van der Waals surface area (Å²) >= 11 is 0. The van der Waals surface area contributed by atoms with E-state index in [0.29, 0.717) is 0 Å². The van der Waals surface area contributed by atoms with E-state index in [1.165, 1.54) is 30.4 Å². The van der Waals surface area contributed by atoms with Gasteiger partial charge in [0.05, 0.1) is 18.5 Å². The lowest BCUT2D eigenvalue weighted by atomic mass is 10.0. The van der Waals surface area contributed by atoms with Gasteiger partial charge < -0.3 is 4.74 Å². The number of rotatable bonds is 4. The molecule has 3 aliphatic rings. The SMILES string of the molecule is CCCCCN1CC2=COC3C=CC=CC3=CC2=N1. The molecule has 3 nitrogen and oxygen atoms in total. The van der Waals surface area contributed by atoms with Gasteiger partial charge in [0.1, 0.15) is 6.10 Å². The molecule has 2 heterocycles. The maximum absolute atomic E-state index is 5.82. The van der Waals surface area contributed by atoms with Crippen LogP contribution in [0.1, 0.15) is 26.2 Å². The van der Waals surface area contributed by atoms with Crippen LogP contribution in [0, 0.1) is 0 Å². The molecule has 0 spiro atoms. The van der Waals surface area contributed by atoms with Crippen molar-refractivity contribution in [2.75, 3.05) is 13.1 Å². The van der Waals surface area contributed by atoms with E-state index in [1.807, 2.05) is 18.4 Å². The van der Waals surface area contributed by atoms with Gasteiger partial charge in [-0.2, -0.15) is 5.10 Å². The van der Waals surface area contributed by atoms with Crippen LogP contribution in [0.5, 0.6) is 0 Å². The van der Waals surface area contributed by atoms with Gasteiger partial charge in [0.2, 0.25) is 0 Å². The number of hydrogen-bond donors (Lipinski definition) is 0. The van der Waals surface area contributed by atoms with Crippen molar-refractivity contribution in [2.45, 2.75) is 32.3 Å². The third-order valence-corrected chi connectivity index (χ3v) is 3.63. The van der Waals surface area contributed by atoms with Crippen molar-refractivity contribution in [2.24, 2.45) is 5.10 Å². The van der Waals surface area contributed by atoms with E-state index in [4.69, 9.17) is 9.84 Å². The molecular formula is C16H20N2O. The van der Waals surface area contributed by atoms with Crippen LogP contribution in [-0.4, -0.2) is 29.9 Å². The number of nitrogens with zero attached hydrogens (tertiary/aromatic N) is 2. The Kier molecular flexibility index (Phi) is 3.53. The van der Waals surface area contributed by atoms with Crippen molar-refractivity contribution in [3.8, 4) is 0 Å². The van der Waals surface area contributed by atoms with Gasteiger partial charge in [0.15, 0.2) is 0 Å². The highest BCUT2D eigenvalue weighted by Gasteiger charge is 2.24. The van der Waals surface area contributed by atoms with Gasteiger partial charge in [-0.3, -0.25) is 5.01 Å². The van der Waals surface area contributed by atoms with Gasteiger partial charge in [-0.15, -0.1) is 0 Å². The molecule has 19 heavy (non-hydrogen) atoms. The standard InChI is InChI=1S/C16H20N2O/c1-2-3-6-9-18-11-14-12-19-16-8-5-4-7-13(16)10-15(14)17-18/h4-5,7-8,10,12,16H,2-3,6,9,11H2,1H3. The van der Waals surface area contributed by atoms with Crippen molar-refractivity contribution >= 4 is 5.71 Å². The zero-order chi connectivity index (χ0) is 13.1. The molecule has 0 fully saturated rings. The first-order valence-electron chi connectivity index (χ1n) is 7.11. The highest BCUT2D eigenvalue weighted by Crippen LogP contribution is 2.24. The second-order valence-corrected chi connectivity index (χ2v) is 5.17. The number of allylic oxidation sites excluding steroid dienone is 3. The van der Waals surface area contributed by atoms with Crippen molar-refractivity contribution in [3.63, 3.8) is 0 Å². The molecule has 1 unspecified atom stereocenters. The molecule has 0 aromatic heterocycles. The first-order valence-corrected chi connectivity index (χ1v) is 7.11. The van der Waals surface area contributed by atoms with Crippen LogP contribution in [0.3, 0.4) is 0 Å². The minimum atomic E-state index is 0.0549. The topological polar surface area (TPSA) is 24.8 Å². The summed E-state index contributed by atoms with van der Waals surface area (Å²) in [6.07, 6.45) is 16.1. The lowest BCUT2D eigenvalue weighted by molar-refractivity contribution is 0.217. The maximum Gasteiger partial charge on any atom is 0.141 e. The van der Waals surface area contributed by atoms with E-state index in [-0.39, 0.29) is 6.10 Å². The first-order chi connectivity index (χ1) is 9.36. The Morgan fingerprint density at radius 1 is 1.37 bits per heavy atom. The normalized spacial score (nSPS) is 23.9. The predicted octanol–water partition coefficient (Wildman–Crippen LogP) is 3.18. The average Bonchev–Trinajstić information content (AvgIpc) is 2.72. The molecule has 100 valence electrons. The molecule has 3 heteroatoms. The third-order valence-electron chi connectivity index (χ3n) is 3.63. The minimum Gasteiger partial charge on any atom is -0.489 e. The lowest BCUT2D eigenvalue weighted by Gasteiger charge is -2.16. The van der Waals surface area contributed by atoms with Crippen LogP contribution in [0.2, 0.25) is 0 Å². The summed E-state index contributed by atoms with van der Waals surface area (Å²) in [4.78, 5) is 0. The Bertz CT molecular complexity index is 497. The van der Waals surface area contributed by atoms with Crippen molar-refractivity contribution in [1.29, 1.82) is 0 Å². The summed E-state index contributed by atoms with van der Waals surface area (Å²) < 4.78 is 5.82. The fourth-order valence-electron chi connectivity index (χ4n) is 2.53. The van der Waals surface area contributed by atoms with E-state index in [9.17, 15) is 0 Å². The molecular weight excluding hydrogens is 236 g/mol. The van der Waals surface area contributed by atoms with E-state index >= 15 is 0 Å². The molecule has 0 saturated carbocycles. The van der Waals surface area contributed by atoms with Crippen LogP contribution in [0.25, 0.3) is 0 Å². The predicted molar refractivity (Wildman–Crippen MR) is 77.9 cm³/mol. The Morgan fingerprint density at radius 2 is 2.32 bits per heavy atom. The fourth-order valence-corrected chi connectivity index (χ4v) is 2.53. The molecule has 0 saturated heterocycles. The second kappa shape index (κ2) is 5.47. The van der Waals surface area contributed by atoms with Gasteiger partial charge >= 0.3 is 0 Å². The Balaban J connectivity index is 1.74. The van der Waals surface area contributed by atoms with Crippen molar-refractivity contribution in [1.82, 2.24) is 5.01 Å². The summed E-state index contributed by atoms with van der Waals surface area (Å²) in [5.74, 6) is 0. The van der Waals surface area contributed by atoms with E-state index < -0.39 is 0 Å². The maximum atomic E-state index is 5.82. The molecule has 1 aliphatic carbocycles. The Hall–Kier alpha value is -1.77. The summed E-state index contributed by atoms with van der Waals surface area (Å²) in [5.41, 5.74) is 3.44. The molecule has 0 radical (unpaired) electrons. The minimum absolute atomic E-state index is 0.0549. The average molecular weight is 256 g/mol. The van der Waals surface area contributed by atoms with Gasteiger partial charge in [-0.05, 0) is 24.1 Å². The summed E-state index contributed by atoms with van der Waals surface area (Å²) in [6.45, 7) is 4.14. The molecule has 0 amide bonds. The molecule has 2 aliphatic heterocycles. The number of ether oxygens (including phenoxy) is 1. The number of fused-ring (bicyclic) bond motifs is 2. The number of unbranched alkanes of at least 4 members (excludes halogenated alkanes) is 2. The Labute approximate surface area is 114 Å². The van der Waals surface area contributed by atoms with Crippen LogP contribution in [0.15, 0.2) is 52.9 Å². The van der Waals surface area contributed by atoms with E-state index in [2.05, 4.69) is 30.2 Å². The smallest absolute Gasteiger partial charge is 0.141 e. The van der Waals surface area contributed by atoms with Gasteiger partial charge in [-0.1, -0.05) is 38.0 Å². The third kappa shape index (κ3) is 2.65. The van der Waals surface area contributed by atoms with E-state index in [1.54, 1.807) is 0 Å². The number of hydrogen-bond acceptors (Lipinski definition) is 3. The molecule has 0 N–H and O–H groups in total. The molecule has 3 rings (SSSR count). The monoisotopic (exact) mass is 256 g/mol. The Morgan fingerprint density at radius 3 is 3.21 bits per heavy atom. The van der Waals surface area contributed by atoms with Gasteiger partial charge in [-0.25, -0.2) is 0 Å². The van der Waals surface area contributed by atoms with Crippen LogP contribution in [-0.2, 0) is 4.74 Å². The van der Waals surface area contributed by atoms with Crippen LogP contribution >= 0.6 is 0 Å². The highest BCUT2D eigenvalue weighted by molar-refractivity contribution is 6.10. The van der Waals surface area contributed by atoms with Gasteiger partial charge in [0.25, 0.3) is 0 Å². The molecule has 0 aromatic carbocycles. The largest absolute Gasteiger partial charge is 0.489 e. The van der Waals surface area contributed by atoms with Gasteiger partial charge in [0, 0.05) is 12.1 Å². The molecule has 0 aromatic rings. The second-order valence-electron chi connectivity index (χ2n) is 5.17. The highest BCUT2D eigenvalue weighted by atomic mass is 16.5. The van der Waals surface area contributed by atoms with Crippen LogP contribution in [0.4, 0.5) is 0 Å². The lowest BCUT2D eigenvalue weighted by Crippen LogP contribution is -2.16. The van der Waals surface area contributed by atoms with Crippen LogP contribution < -0.4 is 0 Å². The van der Waals surface area contributed by atoms with Crippen molar-refractivity contribution in [3.05, 3.63) is 47.8 Å². The fraction of sp³-hybridized carbons (Fsp3) is 0.438.